The van der Waals surface area contributed by atoms with Gasteiger partial charge in [0, 0.05) is 28.7 Å². The molecule has 2 aromatic carbocycles. The van der Waals surface area contributed by atoms with Gasteiger partial charge in [-0.2, -0.15) is 0 Å². The van der Waals surface area contributed by atoms with Crippen molar-refractivity contribution in [1.82, 2.24) is 9.38 Å². The molecule has 110 valence electrons. The molecule has 0 atom stereocenters. The van der Waals surface area contributed by atoms with Crippen LogP contribution < -0.4 is 0 Å². The van der Waals surface area contributed by atoms with Crippen LogP contribution in [0.5, 0.6) is 0 Å². The normalized spacial score (nSPS) is 10.6. The molecule has 0 radical (unpaired) electrons. The molecule has 0 N–H and O–H groups in total. The van der Waals surface area contributed by atoms with Gasteiger partial charge in [-0.1, -0.05) is 42.5 Å². The number of rotatable bonds is 0. The molecule has 3 aromatic heterocycles. The van der Waals surface area contributed by atoms with Crippen LogP contribution in [0.1, 0.15) is 0 Å². The van der Waals surface area contributed by atoms with Gasteiger partial charge in [0.25, 0.3) is 0 Å². The quantitative estimate of drug-likeness (QED) is 0.353. The van der Waals surface area contributed by atoms with E-state index in [0.717, 1.165) is 11.0 Å². The van der Waals surface area contributed by atoms with Crippen molar-refractivity contribution in [3.8, 4) is 0 Å². The number of hydrogen-bond donors (Lipinski definition) is 0. The Morgan fingerprint density at radius 2 is 1.13 bits per heavy atom. The molecule has 0 fully saturated rings. The summed E-state index contributed by atoms with van der Waals surface area (Å²) in [6.45, 7) is 0. The van der Waals surface area contributed by atoms with Crippen molar-refractivity contribution in [1.29, 1.82) is 0 Å². The van der Waals surface area contributed by atoms with Gasteiger partial charge in [-0.05, 0) is 42.5 Å². The molecule has 5 aromatic rings. The number of para-hydroxylation sites is 2. The summed E-state index contributed by atoms with van der Waals surface area (Å²) in [5, 5.41) is 2.40. The monoisotopic (exact) mass is 296 g/mol. The van der Waals surface area contributed by atoms with Crippen molar-refractivity contribution in [3.05, 3.63) is 97.3 Å². The molecule has 0 aliphatic heterocycles. The minimum atomic E-state index is 1.06. The maximum Gasteiger partial charge on any atom is 0.0709 e. The fraction of sp³-hybridized carbons (Fsp3) is 0. The molecule has 2 heteroatoms. The summed E-state index contributed by atoms with van der Waals surface area (Å²) in [5.41, 5.74) is 3.37. The molecule has 0 aliphatic carbocycles. The lowest BCUT2D eigenvalue weighted by Gasteiger charge is -1.99. The molecule has 23 heavy (non-hydrogen) atoms. The molecule has 0 aliphatic rings. The largest absolute Gasteiger partial charge is 0.324 e. The van der Waals surface area contributed by atoms with E-state index >= 15 is 0 Å². The molecule has 0 saturated heterocycles. The highest BCUT2D eigenvalue weighted by molar-refractivity contribution is 5.92. The number of pyridine rings is 2. The number of aromatic nitrogens is 2. The first-order valence-electron chi connectivity index (χ1n) is 7.66. The summed E-state index contributed by atoms with van der Waals surface area (Å²) in [6, 6.07) is 28.8. The summed E-state index contributed by atoms with van der Waals surface area (Å²) in [5.74, 6) is 0. The van der Waals surface area contributed by atoms with Gasteiger partial charge in [-0.25, -0.2) is 4.98 Å². The Hall–Kier alpha value is -3.13. The fourth-order valence-electron chi connectivity index (χ4n) is 2.70. The highest BCUT2D eigenvalue weighted by Gasteiger charge is 1.96. The lowest BCUT2D eigenvalue weighted by atomic mass is 10.1. The average Bonchev–Trinajstić information content (AvgIpc) is 3.09. The molecule has 0 amide bonds. The lowest BCUT2D eigenvalue weighted by molar-refractivity contribution is 1.20. The van der Waals surface area contributed by atoms with Gasteiger partial charge in [0.15, 0.2) is 0 Å². The van der Waals surface area contributed by atoms with Crippen LogP contribution in [-0.2, 0) is 0 Å². The van der Waals surface area contributed by atoms with Gasteiger partial charge in [0.1, 0.15) is 0 Å². The van der Waals surface area contributed by atoms with Crippen LogP contribution >= 0.6 is 0 Å². The zero-order chi connectivity index (χ0) is 15.5. The molecule has 3 heterocycles. The Labute approximate surface area is 134 Å². The van der Waals surface area contributed by atoms with E-state index in [-0.39, 0.29) is 0 Å². The van der Waals surface area contributed by atoms with Crippen molar-refractivity contribution in [2.45, 2.75) is 0 Å². The van der Waals surface area contributed by atoms with E-state index in [9.17, 15) is 0 Å². The lowest BCUT2D eigenvalue weighted by Crippen LogP contribution is -1.80. The van der Waals surface area contributed by atoms with Gasteiger partial charge in [-0.15, -0.1) is 0 Å². The van der Waals surface area contributed by atoms with Gasteiger partial charge in [0.2, 0.25) is 0 Å². The van der Waals surface area contributed by atoms with Gasteiger partial charge >= 0.3 is 0 Å². The minimum Gasteiger partial charge on any atom is -0.324 e. The van der Waals surface area contributed by atoms with E-state index < -0.39 is 0 Å². The van der Waals surface area contributed by atoms with Crippen LogP contribution in [0, 0.1) is 0 Å². The topological polar surface area (TPSA) is 17.3 Å². The third kappa shape index (κ3) is 2.79. The number of nitrogens with zero attached hydrogens (tertiary/aromatic N) is 2. The van der Waals surface area contributed by atoms with E-state index in [0.29, 0.717) is 0 Å². The van der Waals surface area contributed by atoms with Crippen molar-refractivity contribution in [3.63, 3.8) is 0 Å². The molecule has 0 saturated carbocycles. The van der Waals surface area contributed by atoms with Crippen LogP contribution in [0.25, 0.3) is 27.3 Å². The smallest absolute Gasteiger partial charge is 0.0709 e. The highest BCUT2D eigenvalue weighted by Crippen LogP contribution is 2.18. The van der Waals surface area contributed by atoms with Gasteiger partial charge < -0.3 is 4.40 Å². The van der Waals surface area contributed by atoms with Crippen LogP contribution in [0.3, 0.4) is 0 Å². The Kier molecular flexibility index (Phi) is 3.49. The van der Waals surface area contributed by atoms with Crippen molar-refractivity contribution in [2.24, 2.45) is 0 Å². The molecule has 0 unspecified atom stereocenters. The summed E-state index contributed by atoms with van der Waals surface area (Å²) in [7, 11) is 0. The van der Waals surface area contributed by atoms with Crippen LogP contribution in [-0.4, -0.2) is 9.38 Å². The number of hydrogen-bond acceptors (Lipinski definition) is 1. The van der Waals surface area contributed by atoms with E-state index in [1.54, 1.807) is 0 Å². The minimum absolute atomic E-state index is 1.06. The van der Waals surface area contributed by atoms with Crippen LogP contribution in [0.2, 0.25) is 0 Å². The van der Waals surface area contributed by atoms with E-state index in [1.807, 2.05) is 67.0 Å². The summed E-state index contributed by atoms with van der Waals surface area (Å²) in [4.78, 5) is 4.58. The molecule has 2 nitrogen and oxygen atoms in total. The Bertz CT molecular complexity index is 941. The predicted octanol–water partition coefficient (Wildman–Crippen LogP) is 5.33. The van der Waals surface area contributed by atoms with Gasteiger partial charge in [0.05, 0.1) is 11.0 Å². The second kappa shape index (κ2) is 5.93. The maximum absolute atomic E-state index is 4.58. The molecule has 0 bridgehead atoms. The Morgan fingerprint density at radius 3 is 1.83 bits per heavy atom. The van der Waals surface area contributed by atoms with Crippen molar-refractivity contribution < 1.29 is 0 Å². The van der Waals surface area contributed by atoms with E-state index in [1.165, 1.54) is 16.3 Å². The summed E-state index contributed by atoms with van der Waals surface area (Å²) < 4.78 is 2.08. The van der Waals surface area contributed by atoms with Crippen molar-refractivity contribution in [2.75, 3.05) is 0 Å². The third-order valence-corrected chi connectivity index (χ3v) is 3.86. The average molecular weight is 296 g/mol. The third-order valence-electron chi connectivity index (χ3n) is 3.86. The second-order valence-corrected chi connectivity index (χ2v) is 5.41. The van der Waals surface area contributed by atoms with Crippen LogP contribution in [0.4, 0.5) is 0 Å². The molecular formula is C21H16N2. The SMILES string of the molecule is c1ccc2nc3ccccc3cc2c1.c1ccn2cccc2c1. The predicted molar refractivity (Wildman–Crippen MR) is 96.6 cm³/mol. The fourth-order valence-corrected chi connectivity index (χ4v) is 2.70. The Morgan fingerprint density at radius 1 is 0.565 bits per heavy atom. The zero-order valence-corrected chi connectivity index (χ0v) is 12.6. The number of benzene rings is 2. The highest BCUT2D eigenvalue weighted by atomic mass is 14.8. The zero-order valence-electron chi connectivity index (χ0n) is 12.6. The van der Waals surface area contributed by atoms with E-state index in [2.05, 4.69) is 39.7 Å². The first-order chi connectivity index (χ1) is 11.4. The maximum atomic E-state index is 4.58. The van der Waals surface area contributed by atoms with Gasteiger partial charge in [-0.3, -0.25) is 0 Å². The second-order valence-electron chi connectivity index (χ2n) is 5.41. The number of fused-ring (bicyclic) bond motifs is 3. The first-order valence-corrected chi connectivity index (χ1v) is 7.66. The summed E-state index contributed by atoms with van der Waals surface area (Å²) in [6.07, 6.45) is 4.07. The van der Waals surface area contributed by atoms with Crippen molar-refractivity contribution >= 4 is 27.3 Å². The Balaban J connectivity index is 0.000000130. The molecular weight excluding hydrogens is 280 g/mol. The first kappa shape index (κ1) is 13.5. The molecule has 0 spiro atoms. The standard InChI is InChI=1S/C13H9N.C8H7N/c1-3-7-12-10(5-1)9-11-6-2-4-8-13(11)14-12;1-2-6-9-7-3-5-8(9)4-1/h1-9H;1-7H. The van der Waals surface area contributed by atoms with E-state index in [4.69, 9.17) is 0 Å². The van der Waals surface area contributed by atoms with Crippen LogP contribution in [0.15, 0.2) is 97.3 Å². The molecule has 5 rings (SSSR count). The summed E-state index contributed by atoms with van der Waals surface area (Å²) >= 11 is 0.